The summed E-state index contributed by atoms with van der Waals surface area (Å²) < 4.78 is 7.00. The Labute approximate surface area is 109 Å². The quantitative estimate of drug-likeness (QED) is 0.772. The van der Waals surface area contributed by atoms with Crippen LogP contribution in [0.5, 0.6) is 0 Å². The van der Waals surface area contributed by atoms with Crippen molar-refractivity contribution in [2.24, 2.45) is 5.73 Å². The van der Waals surface area contributed by atoms with Gasteiger partial charge in [-0.3, -0.25) is 4.79 Å². The SMILES string of the molecule is NC(Cn1ncccc1=O)c1cc2ccccc2o1. The average Bonchev–Trinajstić information content (AvgIpc) is 2.85. The number of para-hydroxylation sites is 1. The van der Waals surface area contributed by atoms with Gasteiger partial charge in [0.25, 0.3) is 5.56 Å². The smallest absolute Gasteiger partial charge is 0.266 e. The van der Waals surface area contributed by atoms with Crippen LogP contribution in [0.3, 0.4) is 0 Å². The maximum atomic E-state index is 11.6. The Balaban J connectivity index is 1.90. The van der Waals surface area contributed by atoms with E-state index in [1.54, 1.807) is 12.3 Å². The Kier molecular flexibility index (Phi) is 2.89. The van der Waals surface area contributed by atoms with E-state index in [1.165, 1.54) is 10.7 Å². The maximum absolute atomic E-state index is 11.6. The standard InChI is InChI=1S/C14H13N3O2/c15-11(9-17-14(18)6-3-7-16-17)13-8-10-4-1-2-5-12(10)19-13/h1-8,11H,9,15H2. The van der Waals surface area contributed by atoms with Crippen LogP contribution in [0.15, 0.2) is 57.9 Å². The summed E-state index contributed by atoms with van der Waals surface area (Å²) in [6.45, 7) is 0.291. The Morgan fingerprint density at radius 2 is 2.11 bits per heavy atom. The normalized spacial score (nSPS) is 12.7. The van der Waals surface area contributed by atoms with Gasteiger partial charge < -0.3 is 10.2 Å². The van der Waals surface area contributed by atoms with E-state index in [0.717, 1.165) is 11.0 Å². The fourth-order valence-corrected chi connectivity index (χ4v) is 1.99. The van der Waals surface area contributed by atoms with Gasteiger partial charge in [0, 0.05) is 17.6 Å². The largest absolute Gasteiger partial charge is 0.459 e. The van der Waals surface area contributed by atoms with Gasteiger partial charge in [-0.1, -0.05) is 18.2 Å². The molecule has 0 radical (unpaired) electrons. The molecule has 0 amide bonds. The summed E-state index contributed by atoms with van der Waals surface area (Å²) in [6.07, 6.45) is 1.56. The van der Waals surface area contributed by atoms with Crippen LogP contribution in [0.1, 0.15) is 11.8 Å². The number of nitrogens with zero attached hydrogens (tertiary/aromatic N) is 2. The van der Waals surface area contributed by atoms with Gasteiger partial charge in [-0.05, 0) is 18.2 Å². The molecule has 1 aromatic carbocycles. The second-order valence-corrected chi connectivity index (χ2v) is 4.34. The zero-order valence-electron chi connectivity index (χ0n) is 10.2. The van der Waals surface area contributed by atoms with Crippen molar-refractivity contribution in [2.75, 3.05) is 0 Å². The van der Waals surface area contributed by atoms with Crippen LogP contribution in [0, 0.1) is 0 Å². The van der Waals surface area contributed by atoms with Crippen LogP contribution in [0.25, 0.3) is 11.0 Å². The van der Waals surface area contributed by atoms with Gasteiger partial charge in [0.2, 0.25) is 0 Å². The Hall–Kier alpha value is -2.40. The second kappa shape index (κ2) is 4.70. The second-order valence-electron chi connectivity index (χ2n) is 4.34. The van der Waals surface area contributed by atoms with Gasteiger partial charge in [0.1, 0.15) is 11.3 Å². The van der Waals surface area contributed by atoms with Crippen molar-refractivity contribution in [3.05, 3.63) is 64.8 Å². The molecule has 3 rings (SSSR count). The molecule has 0 saturated heterocycles. The third kappa shape index (κ3) is 2.28. The number of fused-ring (bicyclic) bond motifs is 1. The molecule has 1 unspecified atom stereocenters. The van der Waals surface area contributed by atoms with Crippen molar-refractivity contribution in [3.63, 3.8) is 0 Å². The summed E-state index contributed by atoms with van der Waals surface area (Å²) in [7, 11) is 0. The van der Waals surface area contributed by atoms with Crippen LogP contribution >= 0.6 is 0 Å². The van der Waals surface area contributed by atoms with E-state index in [-0.39, 0.29) is 5.56 Å². The highest BCUT2D eigenvalue weighted by Gasteiger charge is 2.13. The summed E-state index contributed by atoms with van der Waals surface area (Å²) in [6, 6.07) is 12.2. The van der Waals surface area contributed by atoms with Gasteiger partial charge in [-0.2, -0.15) is 5.10 Å². The molecule has 5 nitrogen and oxygen atoms in total. The zero-order valence-corrected chi connectivity index (χ0v) is 10.2. The van der Waals surface area contributed by atoms with E-state index in [2.05, 4.69) is 5.10 Å². The van der Waals surface area contributed by atoms with Crippen molar-refractivity contribution >= 4 is 11.0 Å². The molecule has 0 saturated carbocycles. The van der Waals surface area contributed by atoms with Crippen molar-refractivity contribution in [1.29, 1.82) is 0 Å². The molecule has 0 aliphatic rings. The van der Waals surface area contributed by atoms with Crippen LogP contribution in [-0.4, -0.2) is 9.78 Å². The molecule has 2 N–H and O–H groups in total. The first kappa shape index (κ1) is 11.7. The number of benzene rings is 1. The van der Waals surface area contributed by atoms with Gasteiger partial charge in [-0.25, -0.2) is 4.68 Å². The van der Waals surface area contributed by atoms with Crippen LogP contribution in [-0.2, 0) is 6.54 Å². The van der Waals surface area contributed by atoms with E-state index < -0.39 is 6.04 Å². The maximum Gasteiger partial charge on any atom is 0.266 e. The molecule has 96 valence electrons. The molecule has 3 aromatic rings. The zero-order chi connectivity index (χ0) is 13.2. The summed E-state index contributed by atoms with van der Waals surface area (Å²) in [5, 5.41) is 4.98. The monoisotopic (exact) mass is 255 g/mol. The van der Waals surface area contributed by atoms with Crippen molar-refractivity contribution < 1.29 is 4.42 Å². The van der Waals surface area contributed by atoms with Crippen molar-refractivity contribution in [2.45, 2.75) is 12.6 Å². The lowest BCUT2D eigenvalue weighted by molar-refractivity contribution is 0.428. The minimum atomic E-state index is -0.403. The third-order valence-corrected chi connectivity index (χ3v) is 2.96. The van der Waals surface area contributed by atoms with Gasteiger partial charge in [-0.15, -0.1) is 0 Å². The van der Waals surface area contributed by atoms with E-state index in [9.17, 15) is 4.79 Å². The number of furan rings is 1. The number of aromatic nitrogens is 2. The molecule has 2 aromatic heterocycles. The molecule has 2 heterocycles. The van der Waals surface area contributed by atoms with Crippen LogP contribution in [0.4, 0.5) is 0 Å². The predicted octanol–water partition coefficient (Wildman–Crippen LogP) is 1.69. The third-order valence-electron chi connectivity index (χ3n) is 2.96. The molecule has 0 fully saturated rings. The number of nitrogens with two attached hydrogens (primary N) is 1. The summed E-state index contributed by atoms with van der Waals surface area (Å²) in [5.41, 5.74) is 6.69. The van der Waals surface area contributed by atoms with Gasteiger partial charge in [0.05, 0.1) is 12.6 Å². The first-order valence-electron chi connectivity index (χ1n) is 6.00. The highest BCUT2D eigenvalue weighted by atomic mass is 16.3. The molecule has 1 atom stereocenters. The lowest BCUT2D eigenvalue weighted by Gasteiger charge is -2.09. The summed E-state index contributed by atoms with van der Waals surface area (Å²) >= 11 is 0. The van der Waals surface area contributed by atoms with Gasteiger partial charge in [0.15, 0.2) is 0 Å². The number of hydrogen-bond donors (Lipinski definition) is 1. The topological polar surface area (TPSA) is 74.1 Å². The summed E-state index contributed by atoms with van der Waals surface area (Å²) in [4.78, 5) is 11.6. The first-order chi connectivity index (χ1) is 9.24. The average molecular weight is 255 g/mol. The first-order valence-corrected chi connectivity index (χ1v) is 6.00. The van der Waals surface area contributed by atoms with Crippen LogP contribution < -0.4 is 11.3 Å². The van der Waals surface area contributed by atoms with E-state index in [0.29, 0.717) is 12.3 Å². The van der Waals surface area contributed by atoms with E-state index in [1.807, 2.05) is 30.3 Å². The number of hydrogen-bond acceptors (Lipinski definition) is 4. The molecule has 19 heavy (non-hydrogen) atoms. The highest BCUT2D eigenvalue weighted by molar-refractivity contribution is 5.77. The molecular formula is C14H13N3O2. The molecule has 0 aliphatic carbocycles. The van der Waals surface area contributed by atoms with Gasteiger partial charge >= 0.3 is 0 Å². The molecule has 0 spiro atoms. The Morgan fingerprint density at radius 3 is 2.89 bits per heavy atom. The predicted molar refractivity (Wildman–Crippen MR) is 71.6 cm³/mol. The highest BCUT2D eigenvalue weighted by Crippen LogP contribution is 2.23. The molecular weight excluding hydrogens is 242 g/mol. The fourth-order valence-electron chi connectivity index (χ4n) is 1.99. The van der Waals surface area contributed by atoms with Crippen molar-refractivity contribution in [1.82, 2.24) is 9.78 Å². The molecule has 0 bridgehead atoms. The Morgan fingerprint density at radius 1 is 1.26 bits per heavy atom. The van der Waals surface area contributed by atoms with E-state index >= 15 is 0 Å². The fraction of sp³-hybridized carbons (Fsp3) is 0.143. The number of rotatable bonds is 3. The molecule has 0 aliphatic heterocycles. The Bertz CT molecular complexity index is 727. The lowest BCUT2D eigenvalue weighted by atomic mass is 10.2. The molecule has 5 heteroatoms. The minimum Gasteiger partial charge on any atom is -0.459 e. The van der Waals surface area contributed by atoms with Crippen LogP contribution in [0.2, 0.25) is 0 Å². The van der Waals surface area contributed by atoms with E-state index in [4.69, 9.17) is 10.2 Å². The van der Waals surface area contributed by atoms with Crippen molar-refractivity contribution in [3.8, 4) is 0 Å². The lowest BCUT2D eigenvalue weighted by Crippen LogP contribution is -2.27. The summed E-state index contributed by atoms with van der Waals surface area (Å²) in [5.74, 6) is 0.652. The minimum absolute atomic E-state index is 0.172.